The van der Waals surface area contributed by atoms with Crippen molar-refractivity contribution in [1.29, 1.82) is 0 Å². The monoisotopic (exact) mass is 517 g/mol. The quantitative estimate of drug-likeness (QED) is 0.288. The van der Waals surface area contributed by atoms with Crippen LogP contribution in [0, 0.1) is 0 Å². The maximum absolute atomic E-state index is 12.9. The van der Waals surface area contributed by atoms with Crippen LogP contribution in [0.2, 0.25) is 0 Å². The molecule has 2 aromatic rings. The van der Waals surface area contributed by atoms with E-state index in [0.717, 1.165) is 13.0 Å². The summed E-state index contributed by atoms with van der Waals surface area (Å²) in [5, 5.41) is 8.13. The fraction of sp³-hybridized carbons (Fsp3) is 0.560. The number of nitrogens with zero attached hydrogens (tertiary/aromatic N) is 4. The molecule has 37 heavy (non-hydrogen) atoms. The molecule has 0 fully saturated rings. The van der Waals surface area contributed by atoms with Gasteiger partial charge in [0.1, 0.15) is 5.60 Å². The number of carbonyl (C=O) groups excluding carboxylic acids is 4. The number of hydrogen-bond acceptors (Lipinski definition) is 7. The summed E-state index contributed by atoms with van der Waals surface area (Å²) in [6.45, 7) is 6.94. The van der Waals surface area contributed by atoms with Gasteiger partial charge in [-0.2, -0.15) is 0 Å². The first-order valence-electron chi connectivity index (χ1n) is 12.2. The second kappa shape index (κ2) is 13.0. The lowest BCUT2D eigenvalue weighted by Crippen LogP contribution is -2.32. The Kier molecular flexibility index (Phi) is 10.4. The van der Waals surface area contributed by atoms with Crippen LogP contribution in [0.25, 0.3) is 0 Å². The molecule has 0 radical (unpaired) electrons. The fourth-order valence-corrected chi connectivity index (χ4v) is 3.49. The van der Waals surface area contributed by atoms with Crippen LogP contribution in [0.4, 0.5) is 10.5 Å². The van der Waals surface area contributed by atoms with E-state index in [-0.39, 0.29) is 36.9 Å². The van der Waals surface area contributed by atoms with Crippen LogP contribution >= 0.6 is 0 Å². The van der Waals surface area contributed by atoms with E-state index >= 15 is 0 Å². The molecule has 2 aromatic heterocycles. The summed E-state index contributed by atoms with van der Waals surface area (Å²) in [7, 11) is 7.31. The summed E-state index contributed by atoms with van der Waals surface area (Å²) in [6.07, 6.45) is 3.61. The van der Waals surface area contributed by atoms with Gasteiger partial charge < -0.3 is 29.4 Å². The second-order valence-electron chi connectivity index (χ2n) is 10.1. The number of ketones is 1. The third kappa shape index (κ3) is 10.1. The Morgan fingerprint density at radius 3 is 2.38 bits per heavy atom. The third-order valence-corrected chi connectivity index (χ3v) is 5.15. The minimum atomic E-state index is -0.640. The first-order valence-corrected chi connectivity index (χ1v) is 12.2. The van der Waals surface area contributed by atoms with Gasteiger partial charge in [0.25, 0.3) is 5.91 Å². The molecule has 0 spiro atoms. The van der Waals surface area contributed by atoms with Gasteiger partial charge in [-0.1, -0.05) is 0 Å². The van der Waals surface area contributed by atoms with Crippen molar-refractivity contribution in [1.82, 2.24) is 29.7 Å². The molecule has 0 bridgehead atoms. The van der Waals surface area contributed by atoms with Crippen LogP contribution in [0.15, 0.2) is 18.5 Å². The van der Waals surface area contributed by atoms with Crippen LogP contribution in [0.3, 0.4) is 0 Å². The lowest BCUT2D eigenvalue weighted by atomic mass is 10.2. The van der Waals surface area contributed by atoms with Crippen molar-refractivity contribution < 1.29 is 23.9 Å². The number of nitrogens with one attached hydrogen (secondary N) is 3. The number of rotatable bonds is 12. The van der Waals surface area contributed by atoms with Gasteiger partial charge >= 0.3 is 6.09 Å². The van der Waals surface area contributed by atoms with E-state index in [1.54, 1.807) is 62.5 Å². The molecule has 2 heterocycles. The molecule has 0 unspecified atom stereocenters. The molecule has 204 valence electrons. The molecule has 0 aliphatic carbocycles. The van der Waals surface area contributed by atoms with Crippen LogP contribution in [-0.2, 0) is 30.0 Å². The fourth-order valence-electron chi connectivity index (χ4n) is 3.49. The maximum Gasteiger partial charge on any atom is 0.412 e. The Balaban J connectivity index is 1.88. The summed E-state index contributed by atoms with van der Waals surface area (Å²) in [4.78, 5) is 55.7. The van der Waals surface area contributed by atoms with Gasteiger partial charge in [0.15, 0.2) is 11.6 Å². The van der Waals surface area contributed by atoms with Gasteiger partial charge in [-0.05, 0) is 53.9 Å². The van der Waals surface area contributed by atoms with E-state index in [2.05, 4.69) is 20.9 Å². The summed E-state index contributed by atoms with van der Waals surface area (Å²) < 4.78 is 8.39. The Morgan fingerprint density at radius 2 is 1.73 bits per heavy atom. The van der Waals surface area contributed by atoms with Crippen LogP contribution in [-0.4, -0.2) is 82.0 Å². The summed E-state index contributed by atoms with van der Waals surface area (Å²) in [5.41, 5.74) is 0.597. The molecule has 0 saturated carbocycles. The van der Waals surface area contributed by atoms with E-state index in [9.17, 15) is 19.2 Å². The number of Topliss-reactive ketones (excluding diaryl/α,β-unsaturated/α-hetero) is 1. The van der Waals surface area contributed by atoms with Crippen molar-refractivity contribution in [2.45, 2.75) is 45.6 Å². The highest BCUT2D eigenvalue weighted by atomic mass is 16.6. The molecule has 3 N–H and O–H groups in total. The normalized spacial score (nSPS) is 11.4. The van der Waals surface area contributed by atoms with Gasteiger partial charge in [-0.25, -0.2) is 9.78 Å². The topological polar surface area (TPSA) is 140 Å². The zero-order valence-corrected chi connectivity index (χ0v) is 22.8. The van der Waals surface area contributed by atoms with E-state index in [1.807, 2.05) is 19.0 Å². The molecule has 0 saturated heterocycles. The Labute approximate surface area is 217 Å². The number of anilines is 1. The molecule has 0 aromatic carbocycles. The van der Waals surface area contributed by atoms with Crippen molar-refractivity contribution in [2.24, 2.45) is 14.1 Å². The predicted octanol–water partition coefficient (Wildman–Crippen LogP) is 1.72. The standard InChI is InChI=1S/C25H39N7O5/c1-25(2,3)37-24(36)29-17-13-19(31(6)15-17)20(33)14-18-16-32(7)22(28-18)23(35)27-11-9-21(34)26-10-8-12-30(4)5/h13,15-16H,8-12,14H2,1-7H3,(H,26,34)(H,27,35)(H,29,36). The Hall–Kier alpha value is -3.67. The molecule has 12 heteroatoms. The van der Waals surface area contributed by atoms with Crippen LogP contribution in [0.1, 0.15) is 60.4 Å². The van der Waals surface area contributed by atoms with Gasteiger partial charge in [0.05, 0.1) is 23.5 Å². The molecule has 12 nitrogen and oxygen atoms in total. The number of aryl methyl sites for hydroxylation is 2. The number of amides is 3. The molecule has 0 atom stereocenters. The summed E-state index contributed by atoms with van der Waals surface area (Å²) in [6, 6.07) is 1.56. The summed E-state index contributed by atoms with van der Waals surface area (Å²) in [5.74, 6) is -0.637. The molecule has 0 aliphatic heterocycles. The van der Waals surface area contributed by atoms with E-state index < -0.39 is 17.6 Å². The average molecular weight is 518 g/mol. The van der Waals surface area contributed by atoms with E-state index in [0.29, 0.717) is 23.6 Å². The average Bonchev–Trinajstić information content (AvgIpc) is 3.31. The lowest BCUT2D eigenvalue weighted by Gasteiger charge is -2.19. The maximum atomic E-state index is 12.9. The number of hydrogen-bond donors (Lipinski definition) is 3. The van der Waals surface area contributed by atoms with Gasteiger partial charge in [0, 0.05) is 46.0 Å². The highest BCUT2D eigenvalue weighted by molar-refractivity contribution is 5.98. The van der Waals surface area contributed by atoms with Crippen molar-refractivity contribution >= 4 is 29.4 Å². The van der Waals surface area contributed by atoms with Crippen molar-refractivity contribution in [2.75, 3.05) is 39.0 Å². The minimum absolute atomic E-state index is 0.0276. The molecular formula is C25H39N7O5. The largest absolute Gasteiger partial charge is 0.444 e. The van der Waals surface area contributed by atoms with Crippen LogP contribution < -0.4 is 16.0 Å². The number of ether oxygens (including phenoxy) is 1. The highest BCUT2D eigenvalue weighted by Gasteiger charge is 2.20. The van der Waals surface area contributed by atoms with Gasteiger partial charge in [-0.15, -0.1) is 0 Å². The minimum Gasteiger partial charge on any atom is -0.444 e. The van der Waals surface area contributed by atoms with Crippen molar-refractivity contribution in [3.8, 4) is 0 Å². The van der Waals surface area contributed by atoms with E-state index in [4.69, 9.17) is 4.74 Å². The molecule has 2 rings (SSSR count). The van der Waals surface area contributed by atoms with Gasteiger partial charge in [0.2, 0.25) is 5.91 Å². The Morgan fingerprint density at radius 1 is 1.03 bits per heavy atom. The first kappa shape index (κ1) is 29.6. The van der Waals surface area contributed by atoms with Crippen LogP contribution in [0.5, 0.6) is 0 Å². The lowest BCUT2D eigenvalue weighted by molar-refractivity contribution is -0.120. The molecule has 0 aliphatic rings. The number of carbonyl (C=O) groups is 4. The second-order valence-corrected chi connectivity index (χ2v) is 10.1. The first-order chi connectivity index (χ1) is 17.2. The Bertz CT molecular complexity index is 1110. The van der Waals surface area contributed by atoms with Gasteiger partial charge in [-0.3, -0.25) is 19.7 Å². The highest BCUT2D eigenvalue weighted by Crippen LogP contribution is 2.17. The summed E-state index contributed by atoms with van der Waals surface area (Å²) >= 11 is 0. The zero-order chi connectivity index (χ0) is 27.8. The van der Waals surface area contributed by atoms with Crippen molar-refractivity contribution in [3.05, 3.63) is 35.7 Å². The predicted molar refractivity (Wildman–Crippen MR) is 140 cm³/mol. The SMILES string of the molecule is CN(C)CCCNC(=O)CCNC(=O)c1nc(CC(=O)c2cc(NC(=O)OC(C)(C)C)cn2C)cn1C. The number of aromatic nitrogens is 3. The van der Waals surface area contributed by atoms with E-state index in [1.165, 1.54) is 0 Å². The zero-order valence-electron chi connectivity index (χ0n) is 22.8. The van der Waals surface area contributed by atoms with Crippen molar-refractivity contribution in [3.63, 3.8) is 0 Å². The smallest absolute Gasteiger partial charge is 0.412 e. The number of imidazole rings is 1. The third-order valence-electron chi connectivity index (χ3n) is 5.15. The molecule has 3 amide bonds. The molecular weight excluding hydrogens is 478 g/mol.